The molecule has 2 rings (SSSR count). The molecule has 0 unspecified atom stereocenters. The summed E-state index contributed by atoms with van der Waals surface area (Å²) >= 11 is 0. The highest BCUT2D eigenvalue weighted by atomic mass is 32.2. The van der Waals surface area contributed by atoms with Crippen molar-refractivity contribution >= 4 is 15.7 Å². The summed E-state index contributed by atoms with van der Waals surface area (Å²) in [7, 11) is -3.62. The van der Waals surface area contributed by atoms with Crippen LogP contribution in [0.2, 0.25) is 0 Å². The highest BCUT2D eigenvalue weighted by molar-refractivity contribution is 7.90. The summed E-state index contributed by atoms with van der Waals surface area (Å²) in [4.78, 5) is 11.3. The van der Waals surface area contributed by atoms with Gasteiger partial charge in [0, 0.05) is 6.26 Å². The number of rotatable bonds is 2. The molecule has 1 aliphatic rings. The second kappa shape index (κ2) is 3.90. The van der Waals surface area contributed by atoms with Gasteiger partial charge in [0.15, 0.2) is 21.3 Å². The third-order valence-electron chi connectivity index (χ3n) is 2.23. The molecule has 1 heterocycles. The average Bonchev–Trinajstić information content (AvgIpc) is 2.73. The minimum atomic E-state index is -3.62. The minimum absolute atomic E-state index is 0.0134. The van der Waals surface area contributed by atoms with Crippen LogP contribution in [0.3, 0.4) is 0 Å². The van der Waals surface area contributed by atoms with Crippen LogP contribution in [-0.4, -0.2) is 32.6 Å². The number of nitrogens with one attached hydrogen (secondary N) is 1. The Morgan fingerprint density at radius 3 is 2.71 bits per heavy atom. The van der Waals surface area contributed by atoms with Crippen LogP contribution < -0.4 is 15.0 Å². The van der Waals surface area contributed by atoms with Gasteiger partial charge in [-0.25, -0.2) is 13.9 Å². The molecule has 0 aliphatic carbocycles. The van der Waals surface area contributed by atoms with Gasteiger partial charge in [0.2, 0.25) is 6.79 Å². The Labute approximate surface area is 96.8 Å². The molecule has 1 amide bonds. The minimum Gasteiger partial charge on any atom is -0.454 e. The van der Waals surface area contributed by atoms with Crippen molar-refractivity contribution in [2.75, 3.05) is 13.0 Å². The van der Waals surface area contributed by atoms with Crippen molar-refractivity contribution in [3.8, 4) is 11.5 Å². The summed E-state index contributed by atoms with van der Waals surface area (Å²) in [6, 6.07) is 2.63. The van der Waals surface area contributed by atoms with Crippen molar-refractivity contribution in [2.45, 2.75) is 4.90 Å². The van der Waals surface area contributed by atoms with Crippen LogP contribution in [-0.2, 0) is 9.84 Å². The van der Waals surface area contributed by atoms with Crippen LogP contribution in [0.1, 0.15) is 10.4 Å². The molecule has 1 aromatic carbocycles. The zero-order valence-corrected chi connectivity index (χ0v) is 9.58. The van der Waals surface area contributed by atoms with E-state index in [9.17, 15) is 13.2 Å². The number of carbonyl (C=O) groups excluding carboxylic acids is 1. The maximum Gasteiger partial charge on any atom is 0.279 e. The average molecular weight is 259 g/mol. The summed E-state index contributed by atoms with van der Waals surface area (Å²) in [6.45, 7) is -0.103. The lowest BCUT2D eigenvalue weighted by Crippen LogP contribution is -2.22. The molecule has 17 heavy (non-hydrogen) atoms. The zero-order valence-electron chi connectivity index (χ0n) is 8.76. The molecule has 92 valence electrons. The monoisotopic (exact) mass is 259 g/mol. The van der Waals surface area contributed by atoms with Crippen molar-refractivity contribution in [3.05, 3.63) is 17.7 Å². The highest BCUT2D eigenvalue weighted by Crippen LogP contribution is 2.38. The van der Waals surface area contributed by atoms with Crippen molar-refractivity contribution in [2.24, 2.45) is 0 Å². The predicted octanol–water partition coefficient (Wildman–Crippen LogP) is -0.0622. The first-order valence-corrected chi connectivity index (χ1v) is 6.41. The molecule has 0 spiro atoms. The van der Waals surface area contributed by atoms with Crippen LogP contribution in [0.25, 0.3) is 0 Å². The van der Waals surface area contributed by atoms with Gasteiger partial charge in [-0.2, -0.15) is 0 Å². The Bertz CT molecular complexity index is 579. The largest absolute Gasteiger partial charge is 0.454 e. The van der Waals surface area contributed by atoms with Gasteiger partial charge in [-0.3, -0.25) is 10.0 Å². The molecule has 0 fully saturated rings. The number of hydroxylamine groups is 1. The molecule has 0 atom stereocenters. The van der Waals surface area contributed by atoms with Crippen molar-refractivity contribution in [1.29, 1.82) is 0 Å². The molecule has 0 bridgehead atoms. The molecule has 0 saturated heterocycles. The Hall–Kier alpha value is -1.80. The summed E-state index contributed by atoms with van der Waals surface area (Å²) < 4.78 is 33.1. The number of amides is 1. The Balaban J connectivity index is 2.74. The Morgan fingerprint density at radius 1 is 1.41 bits per heavy atom. The predicted molar refractivity (Wildman–Crippen MR) is 54.9 cm³/mol. The first kappa shape index (κ1) is 11.7. The van der Waals surface area contributed by atoms with Gasteiger partial charge in [-0.05, 0) is 12.1 Å². The zero-order chi connectivity index (χ0) is 12.6. The normalized spacial score (nSPS) is 13.5. The van der Waals surface area contributed by atoms with Crippen LogP contribution in [0.4, 0.5) is 0 Å². The van der Waals surface area contributed by atoms with Crippen LogP contribution >= 0.6 is 0 Å². The number of benzene rings is 1. The Morgan fingerprint density at radius 2 is 2.12 bits per heavy atom. The third-order valence-corrected chi connectivity index (χ3v) is 3.37. The fourth-order valence-electron chi connectivity index (χ4n) is 1.53. The molecule has 1 aliphatic heterocycles. The van der Waals surface area contributed by atoms with Crippen molar-refractivity contribution in [1.82, 2.24) is 5.48 Å². The number of hydrogen-bond donors (Lipinski definition) is 2. The van der Waals surface area contributed by atoms with Gasteiger partial charge >= 0.3 is 0 Å². The smallest absolute Gasteiger partial charge is 0.279 e. The lowest BCUT2D eigenvalue weighted by Gasteiger charge is -2.08. The van der Waals surface area contributed by atoms with E-state index >= 15 is 0 Å². The van der Waals surface area contributed by atoms with Crippen molar-refractivity contribution in [3.63, 3.8) is 0 Å². The molecule has 7 nitrogen and oxygen atoms in total. The lowest BCUT2D eigenvalue weighted by molar-refractivity contribution is 0.0698. The summed E-state index contributed by atoms with van der Waals surface area (Å²) in [5.41, 5.74) is 1.13. The fourth-order valence-corrected chi connectivity index (χ4v) is 2.41. The second-order valence-corrected chi connectivity index (χ2v) is 5.37. The molecular formula is C9H9NO6S. The van der Waals surface area contributed by atoms with E-state index in [4.69, 9.17) is 14.7 Å². The van der Waals surface area contributed by atoms with Gasteiger partial charge in [0.1, 0.15) is 5.56 Å². The maximum atomic E-state index is 11.5. The number of carbonyl (C=O) groups is 1. The van der Waals surface area contributed by atoms with E-state index in [1.54, 1.807) is 0 Å². The van der Waals surface area contributed by atoms with E-state index < -0.39 is 15.7 Å². The van der Waals surface area contributed by atoms with Gasteiger partial charge in [-0.1, -0.05) is 0 Å². The van der Waals surface area contributed by atoms with Crippen LogP contribution in [0.15, 0.2) is 17.0 Å². The van der Waals surface area contributed by atoms with E-state index in [-0.39, 0.29) is 28.8 Å². The second-order valence-electron chi connectivity index (χ2n) is 3.39. The van der Waals surface area contributed by atoms with Crippen LogP contribution in [0, 0.1) is 0 Å². The van der Waals surface area contributed by atoms with Gasteiger partial charge in [-0.15, -0.1) is 0 Å². The number of ether oxygens (including phenoxy) is 2. The van der Waals surface area contributed by atoms with E-state index in [0.717, 1.165) is 6.26 Å². The Kier molecular flexibility index (Phi) is 2.68. The maximum absolute atomic E-state index is 11.5. The number of hydrogen-bond acceptors (Lipinski definition) is 6. The fraction of sp³-hybridized carbons (Fsp3) is 0.222. The van der Waals surface area contributed by atoms with Gasteiger partial charge in [0.05, 0.1) is 4.90 Å². The van der Waals surface area contributed by atoms with E-state index in [1.165, 1.54) is 17.6 Å². The van der Waals surface area contributed by atoms with Gasteiger partial charge in [0.25, 0.3) is 5.91 Å². The molecular weight excluding hydrogens is 250 g/mol. The molecule has 0 aromatic heterocycles. The lowest BCUT2D eigenvalue weighted by atomic mass is 10.2. The molecule has 8 heteroatoms. The first-order valence-electron chi connectivity index (χ1n) is 4.52. The summed E-state index contributed by atoms with van der Waals surface area (Å²) in [6.07, 6.45) is 0.957. The standard InChI is InChI=1S/C9H9NO6S/c1-17(13,14)6-3-2-5-8(16-4-15-5)7(6)9(11)10-12/h2-3,12H,4H2,1H3,(H,10,11). The molecule has 2 N–H and O–H groups in total. The first-order chi connectivity index (χ1) is 7.95. The number of fused-ring (bicyclic) bond motifs is 1. The summed E-state index contributed by atoms with van der Waals surface area (Å²) in [5.74, 6) is -0.691. The van der Waals surface area contributed by atoms with E-state index in [0.29, 0.717) is 0 Å². The van der Waals surface area contributed by atoms with Crippen LogP contribution in [0.5, 0.6) is 11.5 Å². The molecule has 0 radical (unpaired) electrons. The SMILES string of the molecule is CS(=O)(=O)c1ccc2c(c1C(=O)NO)OCO2. The molecule has 1 aromatic rings. The van der Waals surface area contributed by atoms with Crippen molar-refractivity contribution < 1.29 is 27.9 Å². The molecule has 0 saturated carbocycles. The summed E-state index contributed by atoms with van der Waals surface area (Å²) in [5, 5.41) is 8.62. The topological polar surface area (TPSA) is 102 Å². The van der Waals surface area contributed by atoms with E-state index in [2.05, 4.69) is 0 Å². The highest BCUT2D eigenvalue weighted by Gasteiger charge is 2.29. The number of sulfone groups is 1. The quantitative estimate of drug-likeness (QED) is 0.569. The van der Waals surface area contributed by atoms with Gasteiger partial charge < -0.3 is 9.47 Å². The van der Waals surface area contributed by atoms with E-state index in [1.807, 2.05) is 0 Å². The third kappa shape index (κ3) is 1.92.